The van der Waals surface area contributed by atoms with E-state index >= 15 is 0 Å². The van der Waals surface area contributed by atoms with Crippen LogP contribution in [0.4, 0.5) is 0 Å². The molecule has 0 radical (unpaired) electrons. The second-order valence-electron chi connectivity index (χ2n) is 8.89. The Balaban J connectivity index is 1.48. The minimum atomic E-state index is 0.506. The molecular weight excluding hydrogens is 545 g/mol. The lowest BCUT2D eigenvalue weighted by Crippen LogP contribution is -2.03. The lowest BCUT2D eigenvalue weighted by Gasteiger charge is -2.14. The highest BCUT2D eigenvalue weighted by Gasteiger charge is 2.24. The molecule has 14 heteroatoms. The van der Waals surface area contributed by atoms with E-state index < -0.39 is 0 Å². The highest BCUT2D eigenvalue weighted by atomic mass is 33.1. The number of aromatic nitrogens is 12. The Bertz CT molecular complexity index is 1650. The van der Waals surface area contributed by atoms with E-state index in [4.69, 9.17) is 10.2 Å². The van der Waals surface area contributed by atoms with Gasteiger partial charge >= 0.3 is 0 Å². The second-order valence-corrected chi connectivity index (χ2v) is 11.0. The first-order valence-electron chi connectivity index (χ1n) is 12.7. The zero-order chi connectivity index (χ0) is 27.6. The number of tetrazole rings is 2. The van der Waals surface area contributed by atoms with Crippen molar-refractivity contribution in [3.8, 4) is 34.2 Å². The Hall–Kier alpha value is -4.30. The molecule has 12 nitrogen and oxygen atoms in total. The lowest BCUT2D eigenvalue weighted by molar-refractivity contribution is 0.630. The number of nitrogens with zero attached hydrogens (tertiary/aromatic N) is 12. The molecule has 0 aliphatic carbocycles. The van der Waals surface area contributed by atoms with Gasteiger partial charge in [0.25, 0.3) is 0 Å². The van der Waals surface area contributed by atoms with E-state index in [2.05, 4.69) is 68.9 Å². The first-order valence-corrected chi connectivity index (χ1v) is 14.9. The van der Waals surface area contributed by atoms with Gasteiger partial charge in [0, 0.05) is 0 Å². The van der Waals surface area contributed by atoms with Gasteiger partial charge in [-0.3, -0.25) is 0 Å². The fraction of sp³-hybridized carbons (Fsp3) is 0.231. The molecule has 6 rings (SSSR count). The molecule has 0 amide bonds. The van der Waals surface area contributed by atoms with Gasteiger partial charge in [-0.05, 0) is 68.1 Å². The van der Waals surface area contributed by atoms with E-state index in [0.29, 0.717) is 11.6 Å². The van der Waals surface area contributed by atoms with Crippen molar-refractivity contribution in [3.05, 3.63) is 72.1 Å². The maximum Gasteiger partial charge on any atom is 0.209 e. The molecule has 202 valence electrons. The number of hydrogen-bond donors (Lipinski definition) is 0. The maximum absolute atomic E-state index is 4.78. The van der Waals surface area contributed by atoms with Crippen molar-refractivity contribution in [1.29, 1.82) is 0 Å². The third kappa shape index (κ3) is 4.79. The van der Waals surface area contributed by atoms with Crippen LogP contribution in [0.1, 0.15) is 25.0 Å². The molecule has 0 aliphatic heterocycles. The highest BCUT2D eigenvalue weighted by molar-refractivity contribution is 8.76. The van der Waals surface area contributed by atoms with Crippen LogP contribution in [0.25, 0.3) is 34.2 Å². The molecule has 0 saturated carbocycles. The summed E-state index contributed by atoms with van der Waals surface area (Å²) in [4.78, 5) is 2.89. The monoisotopic (exact) mass is 570 g/mol. The first kappa shape index (κ1) is 26.0. The topological polar surface area (TPSA) is 123 Å². The molecular formula is C26H26N12S2. The van der Waals surface area contributed by atoms with Gasteiger partial charge in [-0.1, -0.05) is 50.2 Å². The minimum Gasteiger partial charge on any atom is -0.225 e. The van der Waals surface area contributed by atoms with E-state index in [1.54, 1.807) is 48.1 Å². The van der Waals surface area contributed by atoms with Crippen molar-refractivity contribution in [2.75, 3.05) is 0 Å². The van der Waals surface area contributed by atoms with Gasteiger partial charge in [-0.2, -0.15) is 19.8 Å². The molecule has 0 unspecified atom stereocenters. The summed E-state index contributed by atoms with van der Waals surface area (Å²) in [5, 5.41) is 36.9. The molecule has 4 heterocycles. The molecule has 0 bridgehead atoms. The summed E-state index contributed by atoms with van der Waals surface area (Å²) in [5.41, 5.74) is 5.95. The van der Waals surface area contributed by atoms with Crippen molar-refractivity contribution in [3.63, 3.8) is 0 Å². The average molecular weight is 571 g/mol. The highest BCUT2D eigenvalue weighted by Crippen LogP contribution is 2.46. The summed E-state index contributed by atoms with van der Waals surface area (Å²) in [6.45, 7) is 4.28. The van der Waals surface area contributed by atoms with Gasteiger partial charge in [0.1, 0.15) is 10.1 Å². The zero-order valence-electron chi connectivity index (χ0n) is 22.4. The van der Waals surface area contributed by atoms with Gasteiger partial charge in [-0.25, -0.2) is 9.36 Å². The molecule has 6 aromatic rings. The van der Waals surface area contributed by atoms with E-state index in [1.807, 2.05) is 33.6 Å². The summed E-state index contributed by atoms with van der Waals surface area (Å²) >= 11 is 0. The van der Waals surface area contributed by atoms with E-state index in [9.17, 15) is 0 Å². The van der Waals surface area contributed by atoms with Crippen LogP contribution < -0.4 is 0 Å². The van der Waals surface area contributed by atoms with Crippen LogP contribution in [0.2, 0.25) is 0 Å². The summed E-state index contributed by atoms with van der Waals surface area (Å²) in [7, 11) is 6.60. The minimum absolute atomic E-state index is 0.506. The van der Waals surface area contributed by atoms with Crippen LogP contribution in [0, 0.1) is 0 Å². The van der Waals surface area contributed by atoms with Crippen molar-refractivity contribution in [1.82, 2.24) is 60.0 Å². The van der Waals surface area contributed by atoms with Gasteiger partial charge in [0.2, 0.25) is 11.6 Å². The second kappa shape index (κ2) is 11.1. The van der Waals surface area contributed by atoms with Crippen LogP contribution in [0.5, 0.6) is 0 Å². The van der Waals surface area contributed by atoms with Gasteiger partial charge in [-0.15, -0.1) is 20.4 Å². The molecule has 0 saturated heterocycles. The smallest absolute Gasteiger partial charge is 0.209 e. The molecule has 0 aliphatic rings. The van der Waals surface area contributed by atoms with Crippen LogP contribution in [-0.2, 0) is 26.9 Å². The maximum atomic E-state index is 4.78. The summed E-state index contributed by atoms with van der Waals surface area (Å²) in [6, 6.07) is 16.5. The van der Waals surface area contributed by atoms with E-state index in [-0.39, 0.29) is 0 Å². The predicted octanol–water partition coefficient (Wildman–Crippen LogP) is 4.36. The van der Waals surface area contributed by atoms with E-state index in [1.165, 1.54) is 20.7 Å². The van der Waals surface area contributed by atoms with Crippen molar-refractivity contribution in [2.24, 2.45) is 14.1 Å². The fourth-order valence-electron chi connectivity index (χ4n) is 4.38. The molecule has 0 fully saturated rings. The van der Waals surface area contributed by atoms with Crippen LogP contribution >= 0.6 is 21.6 Å². The third-order valence-corrected chi connectivity index (χ3v) is 8.73. The Kier molecular flexibility index (Phi) is 7.17. The average Bonchev–Trinajstić information content (AvgIpc) is 3.78. The summed E-state index contributed by atoms with van der Waals surface area (Å²) in [5.74, 6) is 1.01. The lowest BCUT2D eigenvalue weighted by atomic mass is 10.1. The number of benzene rings is 2. The Morgan fingerprint density at radius 3 is 1.43 bits per heavy atom. The number of aryl methyl sites for hydroxylation is 4. The van der Waals surface area contributed by atoms with Crippen molar-refractivity contribution < 1.29 is 0 Å². The summed E-state index contributed by atoms with van der Waals surface area (Å²) in [6.07, 6.45) is 5.33. The zero-order valence-corrected chi connectivity index (χ0v) is 24.0. The SMILES string of the molecule is CCc1ccccc1-n1ncc(-c2nnn(C)n2)c1SSc1c(-c2nnn(C)n2)cnn1-c1ccccc1CC. The number of para-hydroxylation sites is 2. The quantitative estimate of drug-likeness (QED) is 0.232. The number of rotatable bonds is 9. The number of hydrogen-bond acceptors (Lipinski definition) is 10. The van der Waals surface area contributed by atoms with Gasteiger partial charge < -0.3 is 0 Å². The fourth-order valence-corrected chi connectivity index (χ4v) is 6.87. The first-order chi connectivity index (χ1) is 19.6. The van der Waals surface area contributed by atoms with Crippen LogP contribution in [0.3, 0.4) is 0 Å². The molecule has 0 N–H and O–H groups in total. The third-order valence-electron chi connectivity index (χ3n) is 6.35. The van der Waals surface area contributed by atoms with Crippen LogP contribution in [0.15, 0.2) is 71.0 Å². The van der Waals surface area contributed by atoms with Gasteiger partial charge in [0.15, 0.2) is 0 Å². The van der Waals surface area contributed by atoms with Crippen molar-refractivity contribution in [2.45, 2.75) is 36.7 Å². The molecule has 2 aromatic carbocycles. The van der Waals surface area contributed by atoms with E-state index in [0.717, 1.165) is 45.4 Å². The molecule has 0 atom stereocenters. The van der Waals surface area contributed by atoms with Crippen LogP contribution in [-0.4, -0.2) is 60.0 Å². The Morgan fingerprint density at radius 2 is 1.05 bits per heavy atom. The molecule has 0 spiro atoms. The normalized spacial score (nSPS) is 11.4. The largest absolute Gasteiger partial charge is 0.225 e. The Morgan fingerprint density at radius 1 is 0.625 bits per heavy atom. The van der Waals surface area contributed by atoms with Gasteiger partial charge in [0.05, 0.1) is 49.0 Å². The van der Waals surface area contributed by atoms with Crippen molar-refractivity contribution >= 4 is 21.6 Å². The standard InChI is InChI=1S/C26H26N12S2/c1-5-17-11-7-9-13-21(17)37-25(19(15-27-37)23-29-33-35(3)31-23)39-40-26-20(24-30-34-36(4)32-24)16-28-38(26)22-14-10-8-12-18(22)6-2/h7-16H,5-6H2,1-4H3. The Labute approximate surface area is 238 Å². The predicted molar refractivity (Wildman–Crippen MR) is 153 cm³/mol. The summed E-state index contributed by atoms with van der Waals surface area (Å²) < 4.78 is 3.90. The molecule has 40 heavy (non-hydrogen) atoms. The molecule has 4 aromatic heterocycles.